The van der Waals surface area contributed by atoms with E-state index in [-0.39, 0.29) is 12.3 Å². The molecule has 4 aliphatic rings. The highest BCUT2D eigenvalue weighted by atomic mass is 16.5. The van der Waals surface area contributed by atoms with Crippen LogP contribution in [0.5, 0.6) is 11.5 Å². The van der Waals surface area contributed by atoms with Gasteiger partial charge in [-0.1, -0.05) is 152 Å². The van der Waals surface area contributed by atoms with Gasteiger partial charge in [-0.3, -0.25) is 5.32 Å². The molecular formula is C61H47N5O. The topological polar surface area (TPSA) is 53.8 Å². The lowest BCUT2D eigenvalue weighted by molar-refractivity contribution is 0.429. The molecule has 0 saturated carbocycles. The van der Waals surface area contributed by atoms with Gasteiger partial charge in [-0.2, -0.15) is 0 Å². The van der Waals surface area contributed by atoms with Crippen LogP contribution in [-0.2, 0) is 6.42 Å². The van der Waals surface area contributed by atoms with Gasteiger partial charge in [-0.15, -0.1) is 0 Å². The quantitative estimate of drug-likeness (QED) is 0.168. The molecule has 0 fully saturated rings. The van der Waals surface area contributed by atoms with Crippen molar-refractivity contribution in [3.8, 4) is 28.3 Å². The highest BCUT2D eigenvalue weighted by Crippen LogP contribution is 2.51. The number of nitrogens with zero attached hydrogens (tertiary/aromatic N) is 3. The van der Waals surface area contributed by atoms with E-state index in [4.69, 9.17) is 9.73 Å². The molecule has 67 heavy (non-hydrogen) atoms. The van der Waals surface area contributed by atoms with Gasteiger partial charge in [0, 0.05) is 22.3 Å². The van der Waals surface area contributed by atoms with E-state index >= 15 is 0 Å². The molecule has 2 unspecified atom stereocenters. The van der Waals surface area contributed by atoms with E-state index in [9.17, 15) is 0 Å². The first-order chi connectivity index (χ1) is 33.2. The largest absolute Gasteiger partial charge is 0.453 e. The molecule has 322 valence electrons. The Labute approximate surface area is 390 Å². The molecule has 0 radical (unpaired) electrons. The first-order valence-corrected chi connectivity index (χ1v) is 23.4. The zero-order chi connectivity index (χ0) is 44.3. The van der Waals surface area contributed by atoms with Gasteiger partial charge < -0.3 is 19.5 Å². The van der Waals surface area contributed by atoms with Crippen LogP contribution in [0.15, 0.2) is 217 Å². The first-order valence-electron chi connectivity index (χ1n) is 23.4. The summed E-state index contributed by atoms with van der Waals surface area (Å²) in [5.74, 6) is 2.58. The van der Waals surface area contributed by atoms with Crippen molar-refractivity contribution in [2.75, 3.05) is 4.90 Å². The van der Waals surface area contributed by atoms with Gasteiger partial charge in [-0.05, 0) is 136 Å². The monoisotopic (exact) mass is 865 g/mol. The second-order valence-electron chi connectivity index (χ2n) is 17.8. The summed E-state index contributed by atoms with van der Waals surface area (Å²) in [6, 6.07) is 67.4. The standard InChI is InChI=1S/C61H47N5O/c1-4-15-40(16-5-1)41-27-29-44(30-28-41)60-62-59(43-18-6-2-7-19-43)63-61(64-60)47-20-14-23-49(37-47)66-53-35-32-42-17-10-11-24-50(42)58(53)51-34-31-45(38-54(51)66)46-33-36-57-55(39-46)65(48-21-8-3-9-22-48)52-25-12-13-26-56(52)67-57/h1-6,8-18,20-30,32-33,35-39,59-60,62H,7,19,31,34H2,(H,63,64). The lowest BCUT2D eigenvalue weighted by atomic mass is 9.89. The number of hydrogen-bond donors (Lipinski definition) is 2. The van der Waals surface area contributed by atoms with E-state index in [1.54, 1.807) is 0 Å². The van der Waals surface area contributed by atoms with Crippen LogP contribution in [0.2, 0.25) is 0 Å². The number of hydrogen-bond acceptors (Lipinski definition) is 5. The van der Waals surface area contributed by atoms with Gasteiger partial charge in [0.2, 0.25) is 0 Å². The molecule has 2 aliphatic carbocycles. The van der Waals surface area contributed by atoms with E-state index in [1.165, 1.54) is 60.8 Å². The molecule has 6 nitrogen and oxygen atoms in total. The van der Waals surface area contributed by atoms with Crippen LogP contribution in [0.4, 0.5) is 17.1 Å². The van der Waals surface area contributed by atoms with Crippen LogP contribution in [0.3, 0.4) is 0 Å². The summed E-state index contributed by atoms with van der Waals surface area (Å²) in [6.07, 6.45) is 12.7. The number of ether oxygens (including phenoxy) is 1. The van der Waals surface area contributed by atoms with Crippen LogP contribution >= 0.6 is 0 Å². The van der Waals surface area contributed by atoms with Crippen LogP contribution in [0.1, 0.15) is 53.4 Å². The van der Waals surface area contributed by atoms with E-state index in [0.717, 1.165) is 76.9 Å². The summed E-state index contributed by atoms with van der Waals surface area (Å²) in [4.78, 5) is 7.75. The first kappa shape index (κ1) is 39.2. The smallest absolute Gasteiger partial charge is 0.151 e. The van der Waals surface area contributed by atoms with E-state index < -0.39 is 0 Å². The van der Waals surface area contributed by atoms with Crippen LogP contribution in [0, 0.1) is 0 Å². The number of allylic oxidation sites excluding steroid dienone is 4. The fourth-order valence-corrected chi connectivity index (χ4v) is 10.6. The Morgan fingerprint density at radius 2 is 1.33 bits per heavy atom. The fraction of sp³-hybridized carbons (Fsp3) is 0.0984. The summed E-state index contributed by atoms with van der Waals surface area (Å²) in [6.45, 7) is 0. The van der Waals surface area contributed by atoms with E-state index in [1.807, 2.05) is 12.1 Å². The second-order valence-corrected chi connectivity index (χ2v) is 17.8. The number of amidine groups is 1. The van der Waals surface area contributed by atoms with Crippen LogP contribution in [-0.4, -0.2) is 16.6 Å². The number of aromatic nitrogens is 1. The lowest BCUT2D eigenvalue weighted by Gasteiger charge is -2.34. The third-order valence-electron chi connectivity index (χ3n) is 13.9. The van der Waals surface area contributed by atoms with Crippen molar-refractivity contribution >= 4 is 56.2 Å². The molecule has 8 aromatic carbocycles. The third-order valence-corrected chi connectivity index (χ3v) is 13.9. The van der Waals surface area contributed by atoms with Gasteiger partial charge in [-0.25, -0.2) is 4.99 Å². The molecule has 2 N–H and O–H groups in total. The number of anilines is 3. The molecule has 0 spiro atoms. The summed E-state index contributed by atoms with van der Waals surface area (Å²) >= 11 is 0. The molecule has 2 aliphatic heterocycles. The summed E-state index contributed by atoms with van der Waals surface area (Å²) < 4.78 is 9.04. The van der Waals surface area contributed by atoms with Crippen molar-refractivity contribution in [2.24, 2.45) is 4.99 Å². The molecule has 1 aromatic heterocycles. The van der Waals surface area contributed by atoms with E-state index in [0.29, 0.717) is 0 Å². The number of aryl methyl sites for hydroxylation is 1. The zero-order valence-electron chi connectivity index (χ0n) is 36.9. The molecule has 0 saturated heterocycles. The second kappa shape index (κ2) is 16.4. The normalized spacial score (nSPS) is 17.4. The summed E-state index contributed by atoms with van der Waals surface area (Å²) in [7, 11) is 0. The van der Waals surface area contributed by atoms with Crippen molar-refractivity contribution in [2.45, 2.75) is 38.0 Å². The maximum absolute atomic E-state index is 6.55. The molecular weight excluding hydrogens is 819 g/mol. The van der Waals surface area contributed by atoms with Crippen molar-refractivity contribution in [1.82, 2.24) is 15.2 Å². The molecule has 13 rings (SSSR count). The van der Waals surface area contributed by atoms with Gasteiger partial charge in [0.25, 0.3) is 0 Å². The molecule has 6 heteroatoms. The number of rotatable bonds is 7. The highest BCUT2D eigenvalue weighted by Gasteiger charge is 2.30. The fourth-order valence-electron chi connectivity index (χ4n) is 10.6. The minimum Gasteiger partial charge on any atom is -0.453 e. The molecule has 9 aromatic rings. The molecule has 2 atom stereocenters. The Morgan fingerprint density at radius 3 is 2.19 bits per heavy atom. The molecule has 3 heterocycles. The minimum atomic E-state index is -0.230. The number of fused-ring (bicyclic) bond motifs is 7. The Bertz CT molecular complexity index is 3510. The average molecular weight is 866 g/mol. The summed E-state index contributed by atoms with van der Waals surface area (Å²) in [5.41, 5.74) is 16.5. The Hall–Kier alpha value is -8.19. The molecule has 0 amide bonds. The van der Waals surface area contributed by atoms with Gasteiger partial charge in [0.1, 0.15) is 18.2 Å². The predicted molar refractivity (Wildman–Crippen MR) is 276 cm³/mol. The van der Waals surface area contributed by atoms with Gasteiger partial charge >= 0.3 is 0 Å². The minimum absolute atomic E-state index is 0.0646. The highest BCUT2D eigenvalue weighted by molar-refractivity contribution is 6.11. The Morgan fingerprint density at radius 1 is 0.582 bits per heavy atom. The maximum Gasteiger partial charge on any atom is 0.151 e. The number of nitrogens with one attached hydrogen (secondary N) is 2. The SMILES string of the molecule is C1=CCCC(C2NC(c3cccc(-n4c5c(c6c7ccccc7ccc64)CCC(c4ccc6c(c4)N(c4ccccc4)c4ccccc4O6)=C5)c3)=NC(c3ccc(-c4ccccc4)cc3)N2)=C1. The number of benzene rings is 8. The van der Waals surface area contributed by atoms with Crippen LogP contribution < -0.4 is 20.3 Å². The van der Waals surface area contributed by atoms with Gasteiger partial charge in [0.15, 0.2) is 11.5 Å². The zero-order valence-corrected chi connectivity index (χ0v) is 36.9. The summed E-state index contributed by atoms with van der Waals surface area (Å²) in [5, 5.41) is 11.6. The van der Waals surface area contributed by atoms with Crippen LogP contribution in [0.25, 0.3) is 50.1 Å². The molecule has 0 bridgehead atoms. The number of aliphatic imine (C=N–C) groups is 1. The predicted octanol–water partition coefficient (Wildman–Crippen LogP) is 14.8. The number of para-hydroxylation sites is 3. The van der Waals surface area contributed by atoms with Gasteiger partial charge in [0.05, 0.1) is 22.6 Å². The lowest BCUT2D eigenvalue weighted by Crippen LogP contribution is -2.52. The third kappa shape index (κ3) is 6.96. The van der Waals surface area contributed by atoms with Crippen molar-refractivity contribution in [3.05, 3.63) is 240 Å². The van der Waals surface area contributed by atoms with Crippen molar-refractivity contribution in [1.29, 1.82) is 0 Å². The van der Waals surface area contributed by atoms with E-state index in [2.05, 4.69) is 220 Å². The van der Waals surface area contributed by atoms with Crippen molar-refractivity contribution in [3.63, 3.8) is 0 Å². The maximum atomic E-state index is 6.55. The Balaban J connectivity index is 0.929. The average Bonchev–Trinajstić information content (AvgIpc) is 3.75. The Kier molecular flexibility index (Phi) is 9.57. The van der Waals surface area contributed by atoms with Crippen molar-refractivity contribution < 1.29 is 4.74 Å².